The number of thiophene rings is 1. The zero-order valence-corrected chi connectivity index (χ0v) is 24.3. The van der Waals surface area contributed by atoms with Crippen LogP contribution in [-0.2, 0) is 0 Å². The first-order chi connectivity index (χ1) is 21.8. The van der Waals surface area contributed by atoms with Crippen LogP contribution in [0.15, 0.2) is 148 Å². The molecule has 0 bridgehead atoms. The van der Waals surface area contributed by atoms with Gasteiger partial charge in [-0.15, -0.1) is 11.3 Å². The predicted molar refractivity (Wildman–Crippen MR) is 186 cm³/mol. The van der Waals surface area contributed by atoms with Crippen molar-refractivity contribution in [1.29, 1.82) is 0 Å². The molecule has 10 rings (SSSR count). The van der Waals surface area contributed by atoms with Gasteiger partial charge in [0.05, 0.1) is 0 Å². The van der Waals surface area contributed by atoms with Crippen molar-refractivity contribution >= 4 is 103 Å². The number of hydrogen-bond acceptors (Lipinski definition) is 4. The highest BCUT2D eigenvalue weighted by Gasteiger charge is 2.18. The Morgan fingerprint density at radius 2 is 0.977 bits per heavy atom. The van der Waals surface area contributed by atoms with E-state index >= 15 is 0 Å². The largest absolute Gasteiger partial charge is 0.456 e. The molecule has 0 N–H and O–H groups in total. The van der Waals surface area contributed by atoms with E-state index in [1.165, 1.54) is 20.2 Å². The van der Waals surface area contributed by atoms with Gasteiger partial charge in [0, 0.05) is 70.2 Å². The lowest BCUT2D eigenvalue weighted by Gasteiger charge is -2.26. The van der Waals surface area contributed by atoms with Crippen LogP contribution in [0.1, 0.15) is 0 Å². The van der Waals surface area contributed by atoms with E-state index in [0.717, 1.165) is 71.7 Å². The van der Waals surface area contributed by atoms with E-state index < -0.39 is 0 Å². The van der Waals surface area contributed by atoms with Gasteiger partial charge in [-0.2, -0.15) is 0 Å². The minimum absolute atomic E-state index is 0.875. The Balaban J connectivity index is 1.21. The molecule has 3 aromatic heterocycles. The molecule has 3 heterocycles. The lowest BCUT2D eigenvalue weighted by molar-refractivity contribution is 0.669. The van der Waals surface area contributed by atoms with Gasteiger partial charge in [-0.25, -0.2) is 0 Å². The summed E-state index contributed by atoms with van der Waals surface area (Å²) in [6.45, 7) is 0. The smallest absolute Gasteiger partial charge is 0.143 e. The molecule has 0 amide bonds. The molecule has 10 aromatic rings. The van der Waals surface area contributed by atoms with Gasteiger partial charge in [0.15, 0.2) is 0 Å². The lowest BCUT2D eigenvalue weighted by Crippen LogP contribution is -2.09. The van der Waals surface area contributed by atoms with Crippen molar-refractivity contribution in [1.82, 2.24) is 0 Å². The van der Waals surface area contributed by atoms with E-state index in [9.17, 15) is 0 Å². The SMILES string of the molecule is c1ccc2c(c1)oc1cc(N(c3ccc4c(ccc5c6ccccc6oc45)c3)c3ccc4sc5ccccc5c4c3)ccc12. The van der Waals surface area contributed by atoms with Crippen LogP contribution >= 0.6 is 11.3 Å². The summed E-state index contributed by atoms with van der Waals surface area (Å²) in [5, 5.41) is 9.32. The number of para-hydroxylation sites is 2. The quantitative estimate of drug-likeness (QED) is 0.208. The zero-order chi connectivity index (χ0) is 28.8. The van der Waals surface area contributed by atoms with Gasteiger partial charge in [-0.05, 0) is 78.2 Å². The van der Waals surface area contributed by atoms with Crippen molar-refractivity contribution in [3.8, 4) is 0 Å². The van der Waals surface area contributed by atoms with Gasteiger partial charge in [-0.3, -0.25) is 0 Å². The first kappa shape index (κ1) is 23.9. The molecular formula is C40H23NO2S. The molecule has 0 aliphatic rings. The number of nitrogens with zero attached hydrogens (tertiary/aromatic N) is 1. The number of benzene rings is 7. The summed E-state index contributed by atoms with van der Waals surface area (Å²) < 4.78 is 15.3. The first-order valence-corrected chi connectivity index (χ1v) is 15.6. The normalized spacial score (nSPS) is 12.1. The molecule has 0 aliphatic heterocycles. The highest BCUT2D eigenvalue weighted by atomic mass is 32.1. The molecule has 0 fully saturated rings. The maximum absolute atomic E-state index is 6.37. The minimum atomic E-state index is 0.875. The first-order valence-electron chi connectivity index (χ1n) is 14.8. The van der Waals surface area contributed by atoms with Gasteiger partial charge in [-0.1, -0.05) is 60.7 Å². The maximum Gasteiger partial charge on any atom is 0.143 e. The molecule has 0 unspecified atom stereocenters. The van der Waals surface area contributed by atoms with E-state index in [-0.39, 0.29) is 0 Å². The monoisotopic (exact) mass is 581 g/mol. The van der Waals surface area contributed by atoms with Crippen molar-refractivity contribution in [2.45, 2.75) is 0 Å². The number of rotatable bonds is 3. The molecule has 4 heteroatoms. The average molecular weight is 582 g/mol. The van der Waals surface area contributed by atoms with Crippen LogP contribution < -0.4 is 4.90 Å². The van der Waals surface area contributed by atoms with Gasteiger partial charge in [0.2, 0.25) is 0 Å². The predicted octanol–water partition coefficient (Wildman–Crippen LogP) is 12.5. The number of fused-ring (bicyclic) bond motifs is 11. The Morgan fingerprint density at radius 3 is 1.84 bits per heavy atom. The van der Waals surface area contributed by atoms with Gasteiger partial charge in [0.1, 0.15) is 22.3 Å². The standard InChI is InChI=1S/C40H23NO2S/c1-4-10-35-29(7-1)31-19-15-27(23-37(31)42-35)41(26-16-20-39-34(22-26)32-9-3-6-12-38(32)44-39)25-14-18-28-24(21-25)13-17-33-30-8-2-5-11-36(30)43-40(28)33/h1-23H. The summed E-state index contributed by atoms with van der Waals surface area (Å²) in [6, 6.07) is 49.5. The van der Waals surface area contributed by atoms with Crippen LogP contribution in [-0.4, -0.2) is 0 Å². The van der Waals surface area contributed by atoms with E-state index in [4.69, 9.17) is 8.83 Å². The Morgan fingerprint density at radius 1 is 0.386 bits per heavy atom. The minimum Gasteiger partial charge on any atom is -0.456 e. The molecule has 3 nitrogen and oxygen atoms in total. The van der Waals surface area contributed by atoms with E-state index in [1.54, 1.807) is 0 Å². The van der Waals surface area contributed by atoms with E-state index in [2.05, 4.69) is 120 Å². The Hall–Kier alpha value is -5.58. The summed E-state index contributed by atoms with van der Waals surface area (Å²) in [7, 11) is 0. The van der Waals surface area contributed by atoms with Crippen molar-refractivity contribution in [3.05, 3.63) is 140 Å². The summed E-state index contributed by atoms with van der Waals surface area (Å²) in [4.78, 5) is 2.33. The lowest BCUT2D eigenvalue weighted by atomic mass is 10.0. The number of furan rings is 2. The van der Waals surface area contributed by atoms with Crippen LogP contribution in [0.25, 0.3) is 74.8 Å². The van der Waals surface area contributed by atoms with E-state index in [0.29, 0.717) is 0 Å². The highest BCUT2D eigenvalue weighted by Crippen LogP contribution is 2.43. The van der Waals surface area contributed by atoms with Crippen molar-refractivity contribution in [2.24, 2.45) is 0 Å². The molecule has 7 aromatic carbocycles. The Kier molecular flexibility index (Phi) is 4.87. The molecule has 0 atom stereocenters. The Labute approximate surface area is 255 Å². The van der Waals surface area contributed by atoms with Crippen LogP contribution in [0.3, 0.4) is 0 Å². The molecule has 44 heavy (non-hydrogen) atoms. The third kappa shape index (κ3) is 3.43. The molecule has 0 spiro atoms. The number of hydrogen-bond donors (Lipinski definition) is 0. The summed E-state index contributed by atoms with van der Waals surface area (Å²) >= 11 is 1.84. The molecule has 206 valence electrons. The number of anilines is 3. The highest BCUT2D eigenvalue weighted by molar-refractivity contribution is 7.25. The third-order valence-corrected chi connectivity index (χ3v) is 9.99. The maximum atomic E-state index is 6.37. The topological polar surface area (TPSA) is 29.5 Å². The Bertz CT molecular complexity index is 2750. The fourth-order valence-electron chi connectivity index (χ4n) is 6.79. The zero-order valence-electron chi connectivity index (χ0n) is 23.5. The van der Waals surface area contributed by atoms with Crippen LogP contribution in [0.4, 0.5) is 17.1 Å². The van der Waals surface area contributed by atoms with Crippen molar-refractivity contribution < 1.29 is 8.83 Å². The van der Waals surface area contributed by atoms with Crippen molar-refractivity contribution in [3.63, 3.8) is 0 Å². The van der Waals surface area contributed by atoms with Gasteiger partial charge in [0.25, 0.3) is 0 Å². The average Bonchev–Trinajstić information content (AvgIpc) is 3.75. The second-order valence-electron chi connectivity index (χ2n) is 11.3. The van der Waals surface area contributed by atoms with Gasteiger partial charge >= 0.3 is 0 Å². The van der Waals surface area contributed by atoms with E-state index in [1.807, 2.05) is 35.6 Å². The molecular weight excluding hydrogens is 559 g/mol. The molecule has 0 saturated carbocycles. The molecule has 0 saturated heterocycles. The second kappa shape index (κ2) is 8.96. The molecule has 0 radical (unpaired) electrons. The fraction of sp³-hybridized carbons (Fsp3) is 0. The van der Waals surface area contributed by atoms with Crippen LogP contribution in [0.2, 0.25) is 0 Å². The molecule has 0 aliphatic carbocycles. The second-order valence-corrected chi connectivity index (χ2v) is 12.4. The summed E-state index contributed by atoms with van der Waals surface area (Å²) in [5.74, 6) is 0. The third-order valence-electron chi connectivity index (χ3n) is 8.84. The van der Waals surface area contributed by atoms with Crippen LogP contribution in [0.5, 0.6) is 0 Å². The summed E-state index contributed by atoms with van der Waals surface area (Å²) in [6.07, 6.45) is 0. The van der Waals surface area contributed by atoms with Gasteiger partial charge < -0.3 is 13.7 Å². The van der Waals surface area contributed by atoms with Crippen LogP contribution in [0, 0.1) is 0 Å². The summed E-state index contributed by atoms with van der Waals surface area (Å²) in [5.41, 5.74) is 6.83. The fourth-order valence-corrected chi connectivity index (χ4v) is 7.88. The van der Waals surface area contributed by atoms with Crippen molar-refractivity contribution in [2.75, 3.05) is 4.90 Å².